The summed E-state index contributed by atoms with van der Waals surface area (Å²) in [7, 11) is 0. The molecule has 0 aromatic heterocycles. The maximum Gasteiger partial charge on any atom is 0.321 e. The molecule has 2 aliphatic rings. The summed E-state index contributed by atoms with van der Waals surface area (Å²) in [5.41, 5.74) is 1.36. The molecule has 1 aromatic rings. The first-order valence-electron chi connectivity index (χ1n) is 9.91. The molecule has 3 amide bonds. The highest BCUT2D eigenvalue weighted by Gasteiger charge is 2.20. The summed E-state index contributed by atoms with van der Waals surface area (Å²) in [6.45, 7) is 2.81. The molecule has 0 spiro atoms. The number of anilines is 1. The molecule has 2 fully saturated rings. The van der Waals surface area contributed by atoms with Crippen molar-refractivity contribution in [3.63, 3.8) is 0 Å². The van der Waals surface area contributed by atoms with E-state index in [1.807, 2.05) is 12.1 Å². The summed E-state index contributed by atoms with van der Waals surface area (Å²) in [5.74, 6) is -0.0908. The van der Waals surface area contributed by atoms with E-state index < -0.39 is 0 Å². The van der Waals surface area contributed by atoms with E-state index in [0.29, 0.717) is 31.2 Å². The smallest absolute Gasteiger partial charge is 0.321 e. The molecule has 142 valence electrons. The van der Waals surface area contributed by atoms with E-state index in [1.54, 1.807) is 17.0 Å². The molecule has 0 atom stereocenters. The highest BCUT2D eigenvalue weighted by molar-refractivity contribution is 5.97. The lowest BCUT2D eigenvalue weighted by atomic mass is 10.1. The molecule has 1 heterocycles. The fourth-order valence-electron chi connectivity index (χ4n) is 3.73. The van der Waals surface area contributed by atoms with Crippen LogP contribution in [0.3, 0.4) is 0 Å². The van der Waals surface area contributed by atoms with Gasteiger partial charge in [-0.25, -0.2) is 4.79 Å². The molecule has 1 saturated carbocycles. The molecule has 0 radical (unpaired) electrons. The van der Waals surface area contributed by atoms with Crippen molar-refractivity contribution < 1.29 is 9.59 Å². The first kappa shape index (κ1) is 18.7. The van der Waals surface area contributed by atoms with Crippen LogP contribution >= 0.6 is 0 Å². The predicted molar refractivity (Wildman–Crippen MR) is 104 cm³/mol. The van der Waals surface area contributed by atoms with E-state index in [1.165, 1.54) is 38.5 Å². The van der Waals surface area contributed by atoms with Crippen molar-refractivity contribution in [3.05, 3.63) is 29.8 Å². The Hall–Kier alpha value is -2.08. The van der Waals surface area contributed by atoms with Gasteiger partial charge in [0, 0.05) is 43.5 Å². The van der Waals surface area contributed by atoms with Crippen molar-refractivity contribution in [1.82, 2.24) is 16.0 Å². The summed E-state index contributed by atoms with van der Waals surface area (Å²) < 4.78 is 0. The molecule has 1 saturated heterocycles. The van der Waals surface area contributed by atoms with E-state index in [-0.39, 0.29) is 11.9 Å². The third kappa shape index (κ3) is 5.21. The average molecular weight is 358 g/mol. The highest BCUT2D eigenvalue weighted by atomic mass is 16.2. The van der Waals surface area contributed by atoms with Crippen molar-refractivity contribution >= 4 is 17.6 Å². The molecule has 3 rings (SSSR count). The van der Waals surface area contributed by atoms with Crippen molar-refractivity contribution in [1.29, 1.82) is 0 Å². The third-order valence-electron chi connectivity index (χ3n) is 5.20. The fraction of sp³-hybridized carbons (Fsp3) is 0.600. The average Bonchev–Trinajstić information content (AvgIpc) is 2.94. The second-order valence-electron chi connectivity index (χ2n) is 7.19. The molecule has 3 N–H and O–H groups in total. The van der Waals surface area contributed by atoms with Crippen LogP contribution in [0.1, 0.15) is 55.3 Å². The van der Waals surface area contributed by atoms with Gasteiger partial charge in [0.05, 0.1) is 0 Å². The van der Waals surface area contributed by atoms with Gasteiger partial charge >= 0.3 is 6.03 Å². The minimum atomic E-state index is -0.0959. The molecular weight excluding hydrogens is 328 g/mol. The number of urea groups is 1. The Labute approximate surface area is 155 Å². The molecule has 0 unspecified atom stereocenters. The molecule has 6 nitrogen and oxygen atoms in total. The molecule has 1 aliphatic heterocycles. The largest absolute Gasteiger partial charge is 0.351 e. The maximum atomic E-state index is 12.4. The first-order chi connectivity index (χ1) is 12.7. The second kappa shape index (κ2) is 9.57. The number of benzene rings is 1. The van der Waals surface area contributed by atoms with Gasteiger partial charge in [0.25, 0.3) is 5.91 Å². The van der Waals surface area contributed by atoms with E-state index in [0.717, 1.165) is 18.7 Å². The van der Waals surface area contributed by atoms with Gasteiger partial charge in [-0.3, -0.25) is 9.69 Å². The second-order valence-corrected chi connectivity index (χ2v) is 7.19. The number of nitrogens with zero attached hydrogens (tertiary/aromatic N) is 1. The maximum absolute atomic E-state index is 12.4. The van der Waals surface area contributed by atoms with Crippen molar-refractivity contribution in [2.24, 2.45) is 0 Å². The Morgan fingerprint density at radius 2 is 1.92 bits per heavy atom. The van der Waals surface area contributed by atoms with E-state index in [9.17, 15) is 9.59 Å². The van der Waals surface area contributed by atoms with Gasteiger partial charge in [-0.15, -0.1) is 0 Å². The first-order valence-corrected chi connectivity index (χ1v) is 9.91. The standard InChI is InChI=1S/C20H30N4O2/c25-19(22-13-12-21-17-8-3-1-2-4-9-17)16-7-5-10-18(15-16)24-14-6-11-23-20(24)26/h5,7,10,15,17,21H,1-4,6,8-9,11-14H2,(H,22,25)(H,23,26). The van der Waals surface area contributed by atoms with Crippen molar-refractivity contribution in [2.75, 3.05) is 31.1 Å². The van der Waals surface area contributed by atoms with Crippen molar-refractivity contribution in [2.45, 2.75) is 51.0 Å². The zero-order valence-corrected chi connectivity index (χ0v) is 15.4. The van der Waals surface area contributed by atoms with Crippen LogP contribution in [-0.2, 0) is 0 Å². The van der Waals surface area contributed by atoms with E-state index in [4.69, 9.17) is 0 Å². The molecule has 0 bridgehead atoms. The lowest BCUT2D eigenvalue weighted by molar-refractivity contribution is 0.0953. The summed E-state index contributed by atoms with van der Waals surface area (Å²) in [6.07, 6.45) is 8.71. The Kier molecular flexibility index (Phi) is 6.89. The van der Waals surface area contributed by atoms with Crippen molar-refractivity contribution in [3.8, 4) is 0 Å². The van der Waals surface area contributed by atoms with Crippen LogP contribution in [0.4, 0.5) is 10.5 Å². The lowest BCUT2D eigenvalue weighted by Crippen LogP contribution is -2.46. The van der Waals surface area contributed by atoms with Crippen LogP contribution in [0, 0.1) is 0 Å². The molecular formula is C20H30N4O2. The molecule has 26 heavy (non-hydrogen) atoms. The van der Waals surface area contributed by atoms with Gasteiger partial charge in [-0.1, -0.05) is 31.7 Å². The monoisotopic (exact) mass is 358 g/mol. The number of carbonyl (C=O) groups is 2. The van der Waals surface area contributed by atoms with Gasteiger partial charge < -0.3 is 16.0 Å². The van der Waals surface area contributed by atoms with Crippen LogP contribution in [0.5, 0.6) is 0 Å². The molecule has 6 heteroatoms. The Morgan fingerprint density at radius 3 is 2.69 bits per heavy atom. The summed E-state index contributed by atoms with van der Waals surface area (Å²) >= 11 is 0. The van der Waals surface area contributed by atoms with Gasteiger partial charge in [-0.05, 0) is 37.5 Å². The SMILES string of the molecule is O=C(NCCNC1CCCCCC1)c1cccc(N2CCCNC2=O)c1. The predicted octanol–water partition coefficient (Wildman–Crippen LogP) is 2.65. The topological polar surface area (TPSA) is 73.5 Å². The fourth-order valence-corrected chi connectivity index (χ4v) is 3.73. The minimum absolute atomic E-state index is 0.0908. The Balaban J connectivity index is 1.47. The highest BCUT2D eigenvalue weighted by Crippen LogP contribution is 2.19. The lowest BCUT2D eigenvalue weighted by Gasteiger charge is -2.27. The normalized spacial score (nSPS) is 18.9. The zero-order chi connectivity index (χ0) is 18.2. The van der Waals surface area contributed by atoms with Crippen LogP contribution in [0.15, 0.2) is 24.3 Å². The van der Waals surface area contributed by atoms with Gasteiger partial charge in [0.15, 0.2) is 0 Å². The summed E-state index contributed by atoms with van der Waals surface area (Å²) in [6, 6.07) is 7.78. The quantitative estimate of drug-likeness (QED) is 0.541. The summed E-state index contributed by atoms with van der Waals surface area (Å²) in [4.78, 5) is 26.1. The zero-order valence-electron chi connectivity index (χ0n) is 15.4. The van der Waals surface area contributed by atoms with Crippen LogP contribution < -0.4 is 20.9 Å². The minimum Gasteiger partial charge on any atom is -0.351 e. The number of hydrogen-bond acceptors (Lipinski definition) is 3. The van der Waals surface area contributed by atoms with Crippen LogP contribution in [-0.4, -0.2) is 44.2 Å². The molecule has 1 aliphatic carbocycles. The number of carbonyl (C=O) groups excluding carboxylic acids is 2. The number of amides is 3. The van der Waals surface area contributed by atoms with Gasteiger partial charge in [0.1, 0.15) is 0 Å². The van der Waals surface area contributed by atoms with Crippen LogP contribution in [0.2, 0.25) is 0 Å². The summed E-state index contributed by atoms with van der Waals surface area (Å²) in [5, 5.41) is 9.37. The van der Waals surface area contributed by atoms with E-state index >= 15 is 0 Å². The number of hydrogen-bond donors (Lipinski definition) is 3. The molecule has 1 aromatic carbocycles. The van der Waals surface area contributed by atoms with Crippen LogP contribution in [0.25, 0.3) is 0 Å². The van der Waals surface area contributed by atoms with E-state index in [2.05, 4.69) is 16.0 Å². The Bertz CT molecular complexity index is 612. The number of nitrogens with one attached hydrogen (secondary N) is 3. The van der Waals surface area contributed by atoms with Gasteiger partial charge in [-0.2, -0.15) is 0 Å². The third-order valence-corrected chi connectivity index (χ3v) is 5.20. The number of rotatable bonds is 6. The van der Waals surface area contributed by atoms with Gasteiger partial charge in [0.2, 0.25) is 0 Å². The Morgan fingerprint density at radius 1 is 1.12 bits per heavy atom.